The molecule has 0 aliphatic heterocycles. The number of aldehydes is 1. The molecule has 0 atom stereocenters. The van der Waals surface area contributed by atoms with E-state index in [4.69, 9.17) is 0 Å². The lowest BCUT2D eigenvalue weighted by atomic mass is 9.90. The Morgan fingerprint density at radius 2 is 1.81 bits per heavy atom. The summed E-state index contributed by atoms with van der Waals surface area (Å²) in [6, 6.07) is 5.77. The van der Waals surface area contributed by atoms with Crippen LogP contribution in [0.15, 0.2) is 24.3 Å². The first-order valence-electron chi connectivity index (χ1n) is 6.71. The molecule has 0 aliphatic rings. The number of rotatable bonds is 7. The van der Waals surface area contributed by atoms with Gasteiger partial charge in [0.25, 0.3) is 0 Å². The zero-order valence-corrected chi connectivity index (χ0v) is 12.8. The number of amides is 1. The summed E-state index contributed by atoms with van der Waals surface area (Å²) in [4.78, 5) is 23.2. The van der Waals surface area contributed by atoms with Crippen LogP contribution in [0.5, 0.6) is 0 Å². The van der Waals surface area contributed by atoms with Gasteiger partial charge in [0.15, 0.2) is 0 Å². The van der Waals surface area contributed by atoms with Crippen molar-refractivity contribution in [3.05, 3.63) is 30.1 Å². The lowest BCUT2D eigenvalue weighted by molar-refractivity contribution is -0.115. The third-order valence-electron chi connectivity index (χ3n) is 2.82. The number of anilines is 1. The third kappa shape index (κ3) is 8.16. The Hall–Kier alpha value is -1.79. The molecule has 0 fully saturated rings. The first-order valence-corrected chi connectivity index (χ1v) is 6.71. The minimum Gasteiger partial charge on any atom is -0.315 e. The van der Waals surface area contributed by atoms with Crippen LogP contribution in [0.3, 0.4) is 0 Å². The third-order valence-corrected chi connectivity index (χ3v) is 2.82. The Morgan fingerprint density at radius 3 is 2.24 bits per heavy atom. The smallest absolute Gasteiger partial charge is 0.214 e. The molecule has 0 saturated heterocycles. The minimum atomic E-state index is -0.364. The Labute approximate surface area is 125 Å². The molecule has 0 saturated carbocycles. The Balaban J connectivity index is 0.00000122. The number of hydrazine groups is 1. The number of nitrogens with zero attached hydrogens (tertiary/aromatic N) is 1. The molecule has 21 heavy (non-hydrogen) atoms. The van der Waals surface area contributed by atoms with E-state index < -0.39 is 0 Å². The van der Waals surface area contributed by atoms with E-state index in [-0.39, 0.29) is 11.2 Å². The highest BCUT2D eigenvalue weighted by Gasteiger charge is 2.16. The summed E-state index contributed by atoms with van der Waals surface area (Å²) in [7, 11) is 1.65. The second-order valence-corrected chi connectivity index (χ2v) is 5.27. The number of nitrogens with two attached hydrogens (primary N) is 1. The molecule has 1 aromatic carbocycles. The highest BCUT2D eigenvalue weighted by molar-refractivity contribution is 5.74. The molecule has 1 amide bonds. The molecule has 5 nitrogen and oxygen atoms in total. The zero-order chi connectivity index (χ0) is 16.3. The first kappa shape index (κ1) is 19.2. The molecule has 0 radical (unpaired) electrons. The molecule has 0 unspecified atom stereocenters. The van der Waals surface area contributed by atoms with E-state index in [9.17, 15) is 14.0 Å². The van der Waals surface area contributed by atoms with Crippen LogP contribution in [0.1, 0.15) is 26.7 Å². The van der Waals surface area contributed by atoms with E-state index >= 15 is 0 Å². The van der Waals surface area contributed by atoms with Crippen molar-refractivity contribution in [1.29, 1.82) is 0 Å². The van der Waals surface area contributed by atoms with Gasteiger partial charge < -0.3 is 9.69 Å². The maximum atomic E-state index is 12.8. The normalized spacial score (nSPS) is 10.3. The van der Waals surface area contributed by atoms with E-state index in [0.717, 1.165) is 19.1 Å². The minimum absolute atomic E-state index is 0.327. The van der Waals surface area contributed by atoms with Crippen molar-refractivity contribution in [2.45, 2.75) is 26.7 Å². The van der Waals surface area contributed by atoms with Crippen molar-refractivity contribution in [3.8, 4) is 0 Å². The van der Waals surface area contributed by atoms with E-state index in [0.29, 0.717) is 18.7 Å². The quantitative estimate of drug-likeness (QED) is 0.458. The van der Waals surface area contributed by atoms with E-state index in [1.54, 1.807) is 19.2 Å². The van der Waals surface area contributed by atoms with Crippen LogP contribution in [-0.2, 0) is 9.59 Å². The Bertz CT molecular complexity index is 421. The second-order valence-electron chi connectivity index (χ2n) is 5.27. The summed E-state index contributed by atoms with van der Waals surface area (Å²) in [6.45, 7) is 4.25. The molecule has 1 rings (SSSR count). The average molecular weight is 297 g/mol. The fourth-order valence-corrected chi connectivity index (χ4v) is 1.64. The zero-order valence-electron chi connectivity index (χ0n) is 12.8. The summed E-state index contributed by atoms with van der Waals surface area (Å²) >= 11 is 0. The fourth-order valence-electron chi connectivity index (χ4n) is 1.64. The van der Waals surface area contributed by atoms with Gasteiger partial charge in [0, 0.05) is 17.6 Å². The molecule has 118 valence electrons. The number of carbonyl (C=O) groups excluding carboxylic acids is 2. The molecule has 0 heterocycles. The van der Waals surface area contributed by atoms with Crippen molar-refractivity contribution in [3.63, 3.8) is 0 Å². The maximum absolute atomic E-state index is 12.8. The summed E-state index contributed by atoms with van der Waals surface area (Å²) in [5.41, 5.74) is 2.55. The first-order chi connectivity index (χ1) is 9.90. The van der Waals surface area contributed by atoms with E-state index in [1.165, 1.54) is 17.0 Å². The fraction of sp³-hybridized carbons (Fsp3) is 0.467. The maximum Gasteiger partial charge on any atom is 0.214 e. The summed E-state index contributed by atoms with van der Waals surface area (Å²) in [5, 5.41) is 0. The van der Waals surface area contributed by atoms with Gasteiger partial charge in [-0.25, -0.2) is 4.39 Å². The van der Waals surface area contributed by atoms with Gasteiger partial charge >= 0.3 is 0 Å². The van der Waals surface area contributed by atoms with Crippen LogP contribution in [0.4, 0.5) is 10.1 Å². The Morgan fingerprint density at radius 1 is 1.29 bits per heavy atom. The van der Waals surface area contributed by atoms with Gasteiger partial charge in [0.2, 0.25) is 6.41 Å². The van der Waals surface area contributed by atoms with Gasteiger partial charge in [0.1, 0.15) is 12.1 Å². The van der Waals surface area contributed by atoms with Gasteiger partial charge in [-0.05, 0) is 44.2 Å². The molecule has 0 bridgehead atoms. The van der Waals surface area contributed by atoms with Crippen LogP contribution in [0, 0.1) is 11.2 Å². The van der Waals surface area contributed by atoms with E-state index in [1.807, 2.05) is 13.8 Å². The number of hydrogen-bond acceptors (Lipinski definition) is 4. The number of carbonyl (C=O) groups is 2. The molecule has 3 N–H and O–H groups in total. The van der Waals surface area contributed by atoms with Crippen LogP contribution < -0.4 is 16.2 Å². The van der Waals surface area contributed by atoms with Crippen LogP contribution in [0.25, 0.3) is 0 Å². The summed E-state index contributed by atoms with van der Waals surface area (Å²) in [6.07, 6.45) is 3.08. The lowest BCUT2D eigenvalue weighted by Crippen LogP contribution is -2.24. The predicted molar refractivity (Wildman–Crippen MR) is 82.1 cm³/mol. The molecule has 1 aromatic rings. The van der Waals surface area contributed by atoms with Crippen molar-refractivity contribution < 1.29 is 14.0 Å². The molecular formula is C15H24FN3O2. The van der Waals surface area contributed by atoms with Gasteiger partial charge in [-0.15, -0.1) is 0 Å². The molecular weight excluding hydrogens is 273 g/mol. The van der Waals surface area contributed by atoms with Gasteiger partial charge in [-0.3, -0.25) is 16.1 Å². The standard InChI is InChI=1S/C14H18FNO2.CH6N2/c1-14(2,10-17)8-3-9-16(11-18)13-6-4-12(15)5-7-13;1-3-2/h4-7,10-11H,3,8-9H2,1-2H3;3H,2H2,1H3. The number of benzene rings is 1. The predicted octanol–water partition coefficient (Wildman–Crippen LogP) is 1.87. The SMILES string of the molecule is CC(C)(C=O)CCCN(C=O)c1ccc(F)cc1.CNN. The van der Waals surface area contributed by atoms with Crippen molar-refractivity contribution in [1.82, 2.24) is 5.43 Å². The monoisotopic (exact) mass is 297 g/mol. The van der Waals surface area contributed by atoms with Crippen LogP contribution in [0.2, 0.25) is 0 Å². The average Bonchev–Trinajstić information content (AvgIpc) is 2.46. The summed E-state index contributed by atoms with van der Waals surface area (Å²) < 4.78 is 12.8. The number of halogens is 1. The van der Waals surface area contributed by atoms with Crippen LogP contribution in [-0.4, -0.2) is 26.3 Å². The lowest BCUT2D eigenvalue weighted by Gasteiger charge is -2.21. The number of hydrogen-bond donors (Lipinski definition) is 2. The second kappa shape index (κ2) is 10.0. The van der Waals surface area contributed by atoms with Gasteiger partial charge in [0.05, 0.1) is 0 Å². The largest absolute Gasteiger partial charge is 0.315 e. The number of nitrogens with one attached hydrogen (secondary N) is 1. The molecule has 0 aliphatic carbocycles. The van der Waals surface area contributed by atoms with Gasteiger partial charge in [-0.2, -0.15) is 0 Å². The van der Waals surface area contributed by atoms with Crippen molar-refractivity contribution >= 4 is 18.4 Å². The topological polar surface area (TPSA) is 75.4 Å². The summed E-state index contributed by atoms with van der Waals surface area (Å²) in [5.74, 6) is 4.27. The molecule has 0 aromatic heterocycles. The van der Waals surface area contributed by atoms with Crippen molar-refractivity contribution in [2.75, 3.05) is 18.5 Å². The van der Waals surface area contributed by atoms with Crippen LogP contribution >= 0.6 is 0 Å². The highest BCUT2D eigenvalue weighted by Crippen LogP contribution is 2.20. The van der Waals surface area contributed by atoms with Gasteiger partial charge in [-0.1, -0.05) is 13.8 Å². The van der Waals surface area contributed by atoms with E-state index in [2.05, 4.69) is 11.3 Å². The highest BCUT2D eigenvalue weighted by atomic mass is 19.1. The molecule has 0 spiro atoms. The van der Waals surface area contributed by atoms with Crippen molar-refractivity contribution in [2.24, 2.45) is 11.3 Å². The molecule has 6 heteroatoms. The Kier molecular flexibility index (Phi) is 9.16.